The van der Waals surface area contributed by atoms with Gasteiger partial charge in [-0.15, -0.1) is 0 Å². The minimum Gasteiger partial charge on any atom is -0.446 e. The molecule has 2 rings (SSSR count). The Bertz CT molecular complexity index is 364. The van der Waals surface area contributed by atoms with Gasteiger partial charge in [0.2, 0.25) is 0 Å². The second-order valence-electron chi connectivity index (χ2n) is 5.45. The van der Waals surface area contributed by atoms with Gasteiger partial charge in [0.15, 0.2) is 5.89 Å². The minimum absolute atomic E-state index is 0.433. The third-order valence-electron chi connectivity index (χ3n) is 3.93. The van der Waals surface area contributed by atoms with Crippen molar-refractivity contribution >= 4 is 0 Å². The molecule has 102 valence electrons. The van der Waals surface area contributed by atoms with E-state index in [0.717, 1.165) is 24.5 Å². The number of aromatic nitrogens is 1. The summed E-state index contributed by atoms with van der Waals surface area (Å²) in [4.78, 5) is 6.85. The van der Waals surface area contributed by atoms with Crippen molar-refractivity contribution in [3.8, 4) is 0 Å². The molecule has 0 spiro atoms. The molecule has 0 radical (unpaired) electrons. The van der Waals surface area contributed by atoms with Crippen LogP contribution in [0.5, 0.6) is 0 Å². The van der Waals surface area contributed by atoms with E-state index >= 15 is 0 Å². The topological polar surface area (TPSA) is 41.3 Å². The van der Waals surface area contributed by atoms with Crippen molar-refractivity contribution < 1.29 is 4.42 Å². The van der Waals surface area contributed by atoms with E-state index in [-0.39, 0.29) is 0 Å². The van der Waals surface area contributed by atoms with Crippen molar-refractivity contribution in [2.45, 2.75) is 51.1 Å². The van der Waals surface area contributed by atoms with Crippen LogP contribution in [0.4, 0.5) is 0 Å². The number of nitrogens with zero attached hydrogens (tertiary/aromatic N) is 2. The Kier molecular flexibility index (Phi) is 4.78. The largest absolute Gasteiger partial charge is 0.446 e. The molecule has 1 aliphatic rings. The van der Waals surface area contributed by atoms with Gasteiger partial charge in [0.05, 0.1) is 6.20 Å². The molecule has 2 atom stereocenters. The average molecular weight is 251 g/mol. The van der Waals surface area contributed by atoms with Crippen LogP contribution >= 0.6 is 0 Å². The van der Waals surface area contributed by atoms with Gasteiger partial charge in [-0.1, -0.05) is 6.42 Å². The fourth-order valence-corrected chi connectivity index (χ4v) is 2.54. The molecule has 1 N–H and O–H groups in total. The van der Waals surface area contributed by atoms with E-state index in [1.807, 2.05) is 13.2 Å². The van der Waals surface area contributed by atoms with Gasteiger partial charge in [0, 0.05) is 24.9 Å². The molecule has 2 heterocycles. The SMILES string of the molecule is CNC(C)Cc1cnc(CC2CCCCN2C)o1. The highest BCUT2D eigenvalue weighted by molar-refractivity contribution is 4.98. The van der Waals surface area contributed by atoms with Gasteiger partial charge in [-0.25, -0.2) is 4.98 Å². The summed E-state index contributed by atoms with van der Waals surface area (Å²) < 4.78 is 5.83. The van der Waals surface area contributed by atoms with E-state index in [0.29, 0.717) is 12.1 Å². The van der Waals surface area contributed by atoms with E-state index in [2.05, 4.69) is 29.2 Å². The first-order valence-electron chi connectivity index (χ1n) is 7.00. The zero-order valence-corrected chi connectivity index (χ0v) is 11.8. The normalized spacial score (nSPS) is 23.2. The lowest BCUT2D eigenvalue weighted by Crippen LogP contribution is -2.37. The maximum Gasteiger partial charge on any atom is 0.195 e. The molecule has 0 aromatic carbocycles. The highest BCUT2D eigenvalue weighted by Gasteiger charge is 2.21. The molecule has 0 bridgehead atoms. The smallest absolute Gasteiger partial charge is 0.195 e. The molecule has 4 heteroatoms. The van der Waals surface area contributed by atoms with Crippen LogP contribution in [0.3, 0.4) is 0 Å². The number of likely N-dealkylation sites (N-methyl/N-ethyl adjacent to an activating group) is 2. The number of likely N-dealkylation sites (tertiary alicyclic amines) is 1. The number of hydrogen-bond acceptors (Lipinski definition) is 4. The van der Waals surface area contributed by atoms with E-state index in [4.69, 9.17) is 4.42 Å². The van der Waals surface area contributed by atoms with Gasteiger partial charge in [-0.3, -0.25) is 0 Å². The van der Waals surface area contributed by atoms with Crippen molar-refractivity contribution in [3.63, 3.8) is 0 Å². The summed E-state index contributed by atoms with van der Waals surface area (Å²) in [6.45, 7) is 3.35. The van der Waals surface area contributed by atoms with Gasteiger partial charge in [0.25, 0.3) is 0 Å². The van der Waals surface area contributed by atoms with Crippen molar-refractivity contribution in [2.24, 2.45) is 0 Å². The summed E-state index contributed by atoms with van der Waals surface area (Å²) in [5, 5.41) is 3.22. The lowest BCUT2D eigenvalue weighted by Gasteiger charge is -2.31. The Morgan fingerprint density at radius 1 is 1.56 bits per heavy atom. The zero-order chi connectivity index (χ0) is 13.0. The number of nitrogens with one attached hydrogen (secondary N) is 1. The lowest BCUT2D eigenvalue weighted by atomic mass is 10.0. The quantitative estimate of drug-likeness (QED) is 0.867. The van der Waals surface area contributed by atoms with E-state index in [9.17, 15) is 0 Å². The molecule has 2 unspecified atom stereocenters. The maximum atomic E-state index is 5.83. The Balaban J connectivity index is 1.89. The molecular formula is C14H25N3O. The maximum absolute atomic E-state index is 5.83. The molecule has 4 nitrogen and oxygen atoms in total. The molecule has 1 fully saturated rings. The van der Waals surface area contributed by atoms with Gasteiger partial charge in [-0.2, -0.15) is 0 Å². The molecule has 1 aliphatic heterocycles. The molecular weight excluding hydrogens is 226 g/mol. The van der Waals surface area contributed by atoms with Gasteiger partial charge < -0.3 is 14.6 Å². The Morgan fingerprint density at radius 2 is 2.39 bits per heavy atom. The summed E-state index contributed by atoms with van der Waals surface area (Å²) in [5.41, 5.74) is 0. The van der Waals surface area contributed by atoms with Gasteiger partial charge in [-0.05, 0) is 40.4 Å². The van der Waals surface area contributed by atoms with Crippen LogP contribution < -0.4 is 5.32 Å². The number of hydrogen-bond donors (Lipinski definition) is 1. The number of rotatable bonds is 5. The molecule has 1 aromatic rings. The van der Waals surface area contributed by atoms with E-state index < -0.39 is 0 Å². The van der Waals surface area contributed by atoms with Crippen molar-refractivity contribution in [1.29, 1.82) is 0 Å². The molecule has 1 aromatic heterocycles. The third kappa shape index (κ3) is 3.56. The van der Waals surface area contributed by atoms with Crippen LogP contribution in [0.25, 0.3) is 0 Å². The first-order valence-corrected chi connectivity index (χ1v) is 7.00. The second-order valence-corrected chi connectivity index (χ2v) is 5.45. The summed E-state index contributed by atoms with van der Waals surface area (Å²) in [6, 6.07) is 1.04. The van der Waals surface area contributed by atoms with Gasteiger partial charge in [0.1, 0.15) is 5.76 Å². The Labute approximate surface area is 110 Å². The minimum atomic E-state index is 0.433. The number of piperidine rings is 1. The first kappa shape index (κ1) is 13.6. The van der Waals surface area contributed by atoms with Gasteiger partial charge >= 0.3 is 0 Å². The van der Waals surface area contributed by atoms with Crippen molar-refractivity contribution in [2.75, 3.05) is 20.6 Å². The van der Waals surface area contributed by atoms with E-state index in [1.54, 1.807) is 0 Å². The monoisotopic (exact) mass is 251 g/mol. The first-order chi connectivity index (χ1) is 8.69. The summed E-state index contributed by atoms with van der Waals surface area (Å²) in [6.07, 6.45) is 7.66. The summed E-state index contributed by atoms with van der Waals surface area (Å²) in [7, 11) is 4.18. The zero-order valence-electron chi connectivity index (χ0n) is 11.8. The highest BCUT2D eigenvalue weighted by Crippen LogP contribution is 2.19. The summed E-state index contributed by atoms with van der Waals surface area (Å²) in [5.74, 6) is 1.89. The Morgan fingerprint density at radius 3 is 3.11 bits per heavy atom. The average Bonchev–Trinajstić information content (AvgIpc) is 2.79. The van der Waals surface area contributed by atoms with Crippen LogP contribution in [-0.4, -0.2) is 42.6 Å². The van der Waals surface area contributed by atoms with Crippen LogP contribution in [-0.2, 0) is 12.8 Å². The molecule has 0 aliphatic carbocycles. The van der Waals surface area contributed by atoms with Crippen molar-refractivity contribution in [1.82, 2.24) is 15.2 Å². The molecule has 0 amide bonds. The predicted octanol–water partition coefficient (Wildman–Crippen LogP) is 1.85. The van der Waals surface area contributed by atoms with Crippen LogP contribution in [0, 0.1) is 0 Å². The fourth-order valence-electron chi connectivity index (χ4n) is 2.54. The summed E-state index contributed by atoms with van der Waals surface area (Å²) >= 11 is 0. The van der Waals surface area contributed by atoms with Crippen LogP contribution in [0.1, 0.15) is 37.8 Å². The van der Waals surface area contributed by atoms with E-state index in [1.165, 1.54) is 25.8 Å². The fraction of sp³-hybridized carbons (Fsp3) is 0.786. The Hall–Kier alpha value is -0.870. The standard InChI is InChI=1S/C14H25N3O/c1-11(15-2)8-13-10-16-14(18-13)9-12-6-4-5-7-17(12)3/h10-12,15H,4-9H2,1-3H3. The lowest BCUT2D eigenvalue weighted by molar-refractivity contribution is 0.176. The molecule has 0 saturated carbocycles. The highest BCUT2D eigenvalue weighted by atomic mass is 16.4. The van der Waals surface area contributed by atoms with Crippen LogP contribution in [0.2, 0.25) is 0 Å². The molecule has 18 heavy (non-hydrogen) atoms. The molecule has 1 saturated heterocycles. The van der Waals surface area contributed by atoms with Crippen molar-refractivity contribution in [3.05, 3.63) is 17.8 Å². The third-order valence-corrected chi connectivity index (χ3v) is 3.93. The number of oxazole rings is 1. The predicted molar refractivity (Wildman–Crippen MR) is 72.7 cm³/mol. The van der Waals surface area contributed by atoms with Crippen LogP contribution in [0.15, 0.2) is 10.6 Å². The second kappa shape index (κ2) is 6.34.